The molecule has 0 saturated heterocycles. The second-order valence-electron chi connectivity index (χ2n) is 8.63. The molecule has 4 aromatic rings. The molecule has 0 bridgehead atoms. The van der Waals surface area contributed by atoms with E-state index in [1.165, 1.54) is 11.3 Å². The van der Waals surface area contributed by atoms with Gasteiger partial charge >= 0.3 is 0 Å². The molecule has 2 unspecified atom stereocenters. The van der Waals surface area contributed by atoms with Crippen LogP contribution in [0.2, 0.25) is 4.34 Å². The number of aromatic nitrogens is 3. The Balaban J connectivity index is 1.24. The first-order valence-corrected chi connectivity index (χ1v) is 12.6. The largest absolute Gasteiger partial charge is 0.349 e. The molecule has 7 nitrogen and oxygen atoms in total. The van der Waals surface area contributed by atoms with E-state index in [9.17, 15) is 9.59 Å². The van der Waals surface area contributed by atoms with E-state index < -0.39 is 0 Å². The van der Waals surface area contributed by atoms with Crippen LogP contribution in [0.25, 0.3) is 5.69 Å². The van der Waals surface area contributed by atoms with Gasteiger partial charge in [0.2, 0.25) is 5.91 Å². The van der Waals surface area contributed by atoms with Crippen LogP contribution in [0.15, 0.2) is 67.3 Å². The molecule has 9 heteroatoms. The number of nitrogens with one attached hydrogen (secondary N) is 2. The van der Waals surface area contributed by atoms with E-state index in [4.69, 9.17) is 11.6 Å². The lowest BCUT2D eigenvalue weighted by molar-refractivity contribution is -0.121. The highest BCUT2D eigenvalue weighted by Gasteiger charge is 2.29. The number of rotatable bonds is 6. The molecule has 0 spiro atoms. The summed E-state index contributed by atoms with van der Waals surface area (Å²) in [6.07, 6.45) is 5.03. The number of halogens is 1. The number of benzene rings is 2. The van der Waals surface area contributed by atoms with Gasteiger partial charge in [0.1, 0.15) is 12.7 Å². The maximum Gasteiger partial charge on any atom is 0.261 e. The Hall–Kier alpha value is -3.49. The van der Waals surface area contributed by atoms with Crippen LogP contribution in [-0.2, 0) is 11.2 Å². The van der Waals surface area contributed by atoms with Gasteiger partial charge in [0.25, 0.3) is 5.91 Å². The minimum Gasteiger partial charge on any atom is -0.349 e. The van der Waals surface area contributed by atoms with Crippen LogP contribution in [0.4, 0.5) is 0 Å². The van der Waals surface area contributed by atoms with Crippen molar-refractivity contribution >= 4 is 34.8 Å². The fourth-order valence-electron chi connectivity index (χ4n) is 4.44. The van der Waals surface area contributed by atoms with Crippen molar-refractivity contribution in [1.82, 2.24) is 25.4 Å². The number of thiophene rings is 1. The van der Waals surface area contributed by atoms with Crippen LogP contribution in [0.5, 0.6) is 0 Å². The third kappa shape index (κ3) is 5.13. The smallest absolute Gasteiger partial charge is 0.261 e. The van der Waals surface area contributed by atoms with Gasteiger partial charge in [-0.1, -0.05) is 48.0 Å². The fourth-order valence-corrected chi connectivity index (χ4v) is 5.55. The average Bonchev–Trinajstić information content (AvgIpc) is 3.51. The summed E-state index contributed by atoms with van der Waals surface area (Å²) in [6, 6.07) is 17.4. The molecule has 2 atom stereocenters. The van der Waals surface area contributed by atoms with Crippen LogP contribution >= 0.6 is 22.9 Å². The Morgan fingerprint density at radius 1 is 1.00 bits per heavy atom. The lowest BCUT2D eigenvalue weighted by Gasteiger charge is -2.32. The lowest BCUT2D eigenvalue weighted by Crippen LogP contribution is -2.37. The number of nitrogens with zero attached hydrogens (tertiary/aromatic N) is 3. The van der Waals surface area contributed by atoms with Crippen LogP contribution < -0.4 is 10.6 Å². The number of hydrogen-bond acceptors (Lipinski definition) is 5. The zero-order valence-corrected chi connectivity index (χ0v) is 20.6. The molecule has 0 fully saturated rings. The minimum absolute atomic E-state index is 0.0342. The molecule has 2 aromatic carbocycles. The molecule has 1 aliphatic carbocycles. The van der Waals surface area contributed by atoms with Crippen molar-refractivity contribution in [3.8, 4) is 5.69 Å². The molecule has 2 heterocycles. The Morgan fingerprint density at radius 2 is 1.63 bits per heavy atom. The maximum atomic E-state index is 12.9. The van der Waals surface area contributed by atoms with Gasteiger partial charge in [-0.15, -0.1) is 21.5 Å². The van der Waals surface area contributed by atoms with Gasteiger partial charge in [0.05, 0.1) is 27.7 Å². The Labute approximate surface area is 212 Å². The quantitative estimate of drug-likeness (QED) is 0.388. The van der Waals surface area contributed by atoms with E-state index >= 15 is 0 Å². The van der Waals surface area contributed by atoms with E-state index in [1.54, 1.807) is 12.7 Å². The summed E-state index contributed by atoms with van der Waals surface area (Å²) in [7, 11) is 0. The second kappa shape index (κ2) is 10.0. The number of amides is 2. The second-order valence-corrected chi connectivity index (χ2v) is 10.3. The maximum absolute atomic E-state index is 12.9. The first kappa shape index (κ1) is 23.3. The molecule has 5 rings (SSSR count). The first-order valence-electron chi connectivity index (χ1n) is 11.4. The van der Waals surface area contributed by atoms with Gasteiger partial charge in [-0.25, -0.2) is 0 Å². The molecular weight excluding hydrogens is 482 g/mol. The predicted molar refractivity (Wildman–Crippen MR) is 136 cm³/mol. The van der Waals surface area contributed by atoms with Crippen molar-refractivity contribution in [3.63, 3.8) is 0 Å². The zero-order valence-electron chi connectivity index (χ0n) is 19.1. The number of aryl methyl sites for hydroxylation is 1. The van der Waals surface area contributed by atoms with E-state index in [0.717, 1.165) is 40.8 Å². The Bertz CT molecular complexity index is 1330. The van der Waals surface area contributed by atoms with Crippen molar-refractivity contribution in [2.75, 3.05) is 0 Å². The normalized spacial score (nSPS) is 17.0. The highest BCUT2D eigenvalue weighted by atomic mass is 35.5. The number of hydrogen-bond donors (Lipinski definition) is 2. The van der Waals surface area contributed by atoms with Crippen molar-refractivity contribution < 1.29 is 9.59 Å². The molecule has 2 aromatic heterocycles. The topological polar surface area (TPSA) is 88.9 Å². The van der Waals surface area contributed by atoms with Gasteiger partial charge < -0.3 is 10.6 Å². The van der Waals surface area contributed by atoms with Crippen LogP contribution in [-0.4, -0.2) is 26.6 Å². The molecule has 2 amide bonds. The number of carbonyl (C=O) groups is 2. The summed E-state index contributed by atoms with van der Waals surface area (Å²) >= 11 is 7.44. The molecule has 1 aliphatic rings. The monoisotopic (exact) mass is 505 g/mol. The summed E-state index contributed by atoms with van der Waals surface area (Å²) in [6.45, 7) is 1.89. The molecule has 2 N–H and O–H groups in total. The molecule has 0 aliphatic heterocycles. The zero-order chi connectivity index (χ0) is 24.4. The summed E-state index contributed by atoms with van der Waals surface area (Å²) in [5.41, 5.74) is 4.85. The average molecular weight is 506 g/mol. The van der Waals surface area contributed by atoms with E-state index in [0.29, 0.717) is 15.6 Å². The third-order valence-electron chi connectivity index (χ3n) is 6.23. The van der Waals surface area contributed by atoms with Gasteiger partial charge in [-0.3, -0.25) is 14.2 Å². The predicted octanol–water partition coefficient (Wildman–Crippen LogP) is 4.96. The fraction of sp³-hybridized carbons (Fsp3) is 0.231. The summed E-state index contributed by atoms with van der Waals surface area (Å²) in [5, 5.41) is 14.0. The van der Waals surface area contributed by atoms with Crippen LogP contribution in [0.3, 0.4) is 0 Å². The van der Waals surface area contributed by atoms with Crippen molar-refractivity contribution in [1.29, 1.82) is 0 Å². The van der Waals surface area contributed by atoms with Crippen molar-refractivity contribution in [2.45, 2.75) is 38.3 Å². The molecule has 0 radical (unpaired) electrons. The summed E-state index contributed by atoms with van der Waals surface area (Å²) in [5.74, 6) is -0.157. The molecule has 35 heavy (non-hydrogen) atoms. The number of fused-ring (bicyclic) bond motifs is 1. The SMILES string of the molecule is Cc1cc(C(=O)NC2CCC(NC(=O)Cc3ccc(-n4cnnc4)cc3)c3ccccc32)sc1Cl. The standard InChI is InChI=1S/C26H24ClN5O2S/c1-16-12-23(35-25(16)27)26(34)31-22-11-10-21(19-4-2-3-5-20(19)22)30-24(33)13-17-6-8-18(9-7-17)32-14-28-29-15-32/h2-9,12,14-15,21-22H,10-11,13H2,1H3,(H,30,33)(H,31,34). The van der Waals surface area contributed by atoms with Gasteiger partial charge in [-0.05, 0) is 60.2 Å². The highest BCUT2D eigenvalue weighted by Crippen LogP contribution is 2.37. The van der Waals surface area contributed by atoms with E-state index in [2.05, 4.69) is 20.8 Å². The Morgan fingerprint density at radius 3 is 2.23 bits per heavy atom. The number of carbonyl (C=O) groups excluding carboxylic acids is 2. The van der Waals surface area contributed by atoms with Gasteiger partial charge in [0.15, 0.2) is 0 Å². The van der Waals surface area contributed by atoms with Crippen molar-refractivity contribution in [3.05, 3.63) is 98.7 Å². The summed E-state index contributed by atoms with van der Waals surface area (Å²) in [4.78, 5) is 26.3. The van der Waals surface area contributed by atoms with E-state index in [1.807, 2.05) is 66.1 Å². The van der Waals surface area contributed by atoms with Gasteiger partial charge in [-0.2, -0.15) is 0 Å². The highest BCUT2D eigenvalue weighted by molar-refractivity contribution is 7.18. The lowest BCUT2D eigenvalue weighted by atomic mass is 9.84. The third-order valence-corrected chi connectivity index (χ3v) is 7.78. The Kier molecular flexibility index (Phi) is 6.66. The van der Waals surface area contributed by atoms with Gasteiger partial charge in [0, 0.05) is 5.69 Å². The van der Waals surface area contributed by atoms with Crippen molar-refractivity contribution in [2.24, 2.45) is 0 Å². The molecular formula is C26H24ClN5O2S. The molecule has 178 valence electrons. The van der Waals surface area contributed by atoms with E-state index in [-0.39, 0.29) is 23.9 Å². The van der Waals surface area contributed by atoms with Crippen LogP contribution in [0, 0.1) is 6.92 Å². The molecule has 0 saturated carbocycles. The minimum atomic E-state index is -0.123. The van der Waals surface area contributed by atoms with Crippen LogP contribution in [0.1, 0.15) is 56.9 Å². The summed E-state index contributed by atoms with van der Waals surface area (Å²) < 4.78 is 2.45. The first-order chi connectivity index (χ1) is 17.0.